The van der Waals surface area contributed by atoms with E-state index in [1.165, 1.54) is 20.5 Å². The molecule has 0 unspecified atom stereocenters. The molecular formula is C15H12OS. The van der Waals surface area contributed by atoms with Crippen LogP contribution in [0, 0.1) is 6.92 Å². The highest BCUT2D eigenvalue weighted by Crippen LogP contribution is 2.34. The van der Waals surface area contributed by atoms with Crippen LogP contribution in [0.5, 0.6) is 5.75 Å². The minimum Gasteiger partial charge on any atom is -0.508 e. The Kier molecular flexibility index (Phi) is 2.37. The van der Waals surface area contributed by atoms with Crippen molar-refractivity contribution in [1.29, 1.82) is 0 Å². The van der Waals surface area contributed by atoms with E-state index in [9.17, 15) is 5.11 Å². The van der Waals surface area contributed by atoms with Gasteiger partial charge < -0.3 is 5.11 Å². The van der Waals surface area contributed by atoms with E-state index in [1.54, 1.807) is 17.4 Å². The molecule has 0 aliphatic rings. The molecule has 3 rings (SSSR count). The summed E-state index contributed by atoms with van der Waals surface area (Å²) in [6.45, 7) is 1.92. The van der Waals surface area contributed by atoms with Gasteiger partial charge in [0.15, 0.2) is 0 Å². The van der Waals surface area contributed by atoms with E-state index in [0.29, 0.717) is 5.75 Å². The van der Waals surface area contributed by atoms with Gasteiger partial charge >= 0.3 is 0 Å². The summed E-state index contributed by atoms with van der Waals surface area (Å²) in [6, 6.07) is 16.3. The lowest BCUT2D eigenvalue weighted by molar-refractivity contribution is 0.471. The molecular weight excluding hydrogens is 228 g/mol. The van der Waals surface area contributed by atoms with E-state index in [4.69, 9.17) is 0 Å². The highest BCUT2D eigenvalue weighted by Gasteiger charge is 2.05. The Morgan fingerprint density at radius 1 is 1.00 bits per heavy atom. The quantitative estimate of drug-likeness (QED) is 0.660. The fourth-order valence-corrected chi connectivity index (χ4v) is 2.99. The van der Waals surface area contributed by atoms with E-state index in [2.05, 4.69) is 30.3 Å². The molecule has 0 bridgehead atoms. The molecule has 1 heterocycles. The number of phenolic OH excluding ortho intramolecular Hbond substituents is 1. The topological polar surface area (TPSA) is 20.2 Å². The molecule has 0 saturated heterocycles. The lowest BCUT2D eigenvalue weighted by Crippen LogP contribution is -1.76. The Hall–Kier alpha value is -1.80. The van der Waals surface area contributed by atoms with Gasteiger partial charge in [0.25, 0.3) is 0 Å². The highest BCUT2D eigenvalue weighted by atomic mass is 32.1. The number of thiophene rings is 1. The fourth-order valence-electron chi connectivity index (χ4n) is 1.93. The second-order valence-electron chi connectivity index (χ2n) is 4.15. The SMILES string of the molecule is Cc1cc(-c2cc3ccccc3s2)ccc1O. The molecule has 17 heavy (non-hydrogen) atoms. The van der Waals surface area contributed by atoms with Gasteiger partial charge in [-0.25, -0.2) is 0 Å². The van der Waals surface area contributed by atoms with Crippen molar-refractivity contribution in [2.45, 2.75) is 6.92 Å². The summed E-state index contributed by atoms with van der Waals surface area (Å²) in [6.07, 6.45) is 0. The maximum atomic E-state index is 9.53. The molecule has 0 radical (unpaired) electrons. The third-order valence-electron chi connectivity index (χ3n) is 2.91. The van der Waals surface area contributed by atoms with Crippen LogP contribution in [0.15, 0.2) is 48.5 Å². The molecule has 2 heteroatoms. The lowest BCUT2D eigenvalue weighted by atomic mass is 10.1. The smallest absolute Gasteiger partial charge is 0.118 e. The van der Waals surface area contributed by atoms with Crippen LogP contribution in [0.1, 0.15) is 5.56 Å². The van der Waals surface area contributed by atoms with Crippen molar-refractivity contribution in [2.75, 3.05) is 0 Å². The molecule has 1 nitrogen and oxygen atoms in total. The maximum absolute atomic E-state index is 9.53. The first-order valence-corrected chi connectivity index (χ1v) is 6.34. The third kappa shape index (κ3) is 1.81. The van der Waals surface area contributed by atoms with Crippen molar-refractivity contribution in [3.05, 3.63) is 54.1 Å². The van der Waals surface area contributed by atoms with Gasteiger partial charge in [0.05, 0.1) is 0 Å². The Labute approximate surface area is 104 Å². The Balaban J connectivity index is 2.17. The van der Waals surface area contributed by atoms with Crippen molar-refractivity contribution in [2.24, 2.45) is 0 Å². The third-order valence-corrected chi connectivity index (χ3v) is 4.07. The molecule has 1 aromatic heterocycles. The van der Waals surface area contributed by atoms with Crippen LogP contribution in [-0.4, -0.2) is 5.11 Å². The average molecular weight is 240 g/mol. The van der Waals surface area contributed by atoms with Gasteiger partial charge in [-0.3, -0.25) is 0 Å². The van der Waals surface area contributed by atoms with Crippen molar-refractivity contribution < 1.29 is 5.11 Å². The molecule has 0 atom stereocenters. The molecule has 0 saturated carbocycles. The Morgan fingerprint density at radius 3 is 2.59 bits per heavy atom. The van der Waals surface area contributed by atoms with E-state index < -0.39 is 0 Å². The number of aromatic hydroxyl groups is 1. The number of benzene rings is 2. The molecule has 3 aromatic rings. The first-order chi connectivity index (χ1) is 8.24. The molecule has 0 fully saturated rings. The zero-order valence-corrected chi connectivity index (χ0v) is 10.3. The summed E-state index contributed by atoms with van der Waals surface area (Å²) < 4.78 is 1.30. The van der Waals surface area contributed by atoms with Gasteiger partial charge in [0.2, 0.25) is 0 Å². The molecule has 1 N–H and O–H groups in total. The van der Waals surface area contributed by atoms with Crippen molar-refractivity contribution in [3.8, 4) is 16.2 Å². The van der Waals surface area contributed by atoms with E-state index in [1.807, 2.05) is 19.1 Å². The van der Waals surface area contributed by atoms with Crippen LogP contribution >= 0.6 is 11.3 Å². The molecule has 0 spiro atoms. The van der Waals surface area contributed by atoms with Crippen molar-refractivity contribution >= 4 is 21.4 Å². The number of fused-ring (bicyclic) bond motifs is 1. The highest BCUT2D eigenvalue weighted by molar-refractivity contribution is 7.22. The van der Waals surface area contributed by atoms with Gasteiger partial charge in [0.1, 0.15) is 5.75 Å². The second-order valence-corrected chi connectivity index (χ2v) is 5.23. The number of aryl methyl sites for hydroxylation is 1. The van der Waals surface area contributed by atoms with Gasteiger partial charge in [-0.1, -0.05) is 18.2 Å². The summed E-state index contributed by atoms with van der Waals surface area (Å²) >= 11 is 1.78. The minimum absolute atomic E-state index is 0.356. The van der Waals surface area contributed by atoms with Crippen LogP contribution in [-0.2, 0) is 0 Å². The van der Waals surface area contributed by atoms with Gasteiger partial charge in [0, 0.05) is 9.58 Å². The minimum atomic E-state index is 0.356. The van der Waals surface area contributed by atoms with Crippen LogP contribution in [0.4, 0.5) is 0 Å². The first kappa shape index (κ1) is 10.4. The average Bonchev–Trinajstić information content (AvgIpc) is 2.76. The predicted octanol–water partition coefficient (Wildman–Crippen LogP) is 4.58. The van der Waals surface area contributed by atoms with Gasteiger partial charge in [-0.15, -0.1) is 11.3 Å². The molecule has 2 aromatic carbocycles. The normalized spacial score (nSPS) is 10.9. The predicted molar refractivity (Wildman–Crippen MR) is 73.7 cm³/mol. The number of phenols is 1. The maximum Gasteiger partial charge on any atom is 0.118 e. The fraction of sp³-hybridized carbons (Fsp3) is 0.0667. The Morgan fingerprint density at radius 2 is 1.82 bits per heavy atom. The summed E-state index contributed by atoms with van der Waals surface area (Å²) in [4.78, 5) is 1.24. The zero-order chi connectivity index (χ0) is 11.8. The van der Waals surface area contributed by atoms with E-state index in [0.717, 1.165) is 5.56 Å². The number of hydrogen-bond acceptors (Lipinski definition) is 2. The van der Waals surface area contributed by atoms with Crippen LogP contribution < -0.4 is 0 Å². The first-order valence-electron chi connectivity index (χ1n) is 5.52. The van der Waals surface area contributed by atoms with Gasteiger partial charge in [-0.2, -0.15) is 0 Å². The number of rotatable bonds is 1. The summed E-state index contributed by atoms with van der Waals surface area (Å²) in [5.41, 5.74) is 2.08. The summed E-state index contributed by atoms with van der Waals surface area (Å²) in [7, 11) is 0. The Bertz CT molecular complexity index is 649. The van der Waals surface area contributed by atoms with Crippen LogP contribution in [0.25, 0.3) is 20.5 Å². The van der Waals surface area contributed by atoms with Crippen molar-refractivity contribution in [3.63, 3.8) is 0 Å². The molecule has 0 aliphatic carbocycles. The van der Waals surface area contributed by atoms with Crippen LogP contribution in [0.2, 0.25) is 0 Å². The lowest BCUT2D eigenvalue weighted by Gasteiger charge is -2.01. The largest absolute Gasteiger partial charge is 0.508 e. The molecule has 0 aliphatic heterocycles. The van der Waals surface area contributed by atoms with Crippen LogP contribution in [0.3, 0.4) is 0 Å². The van der Waals surface area contributed by atoms with E-state index >= 15 is 0 Å². The zero-order valence-electron chi connectivity index (χ0n) is 9.47. The second kappa shape index (κ2) is 3.90. The standard InChI is InChI=1S/C15H12OS/c1-10-8-12(6-7-13(10)16)15-9-11-4-2-3-5-14(11)17-15/h2-9,16H,1H3. The summed E-state index contributed by atoms with van der Waals surface area (Å²) in [5, 5.41) is 10.8. The van der Waals surface area contributed by atoms with Gasteiger partial charge in [-0.05, 0) is 53.8 Å². The van der Waals surface area contributed by atoms with Crippen molar-refractivity contribution in [1.82, 2.24) is 0 Å². The number of hydrogen-bond donors (Lipinski definition) is 1. The molecule has 84 valence electrons. The molecule has 0 amide bonds. The summed E-state index contributed by atoms with van der Waals surface area (Å²) in [5.74, 6) is 0.356. The monoisotopic (exact) mass is 240 g/mol. The van der Waals surface area contributed by atoms with E-state index in [-0.39, 0.29) is 0 Å².